The molecule has 5 nitrogen and oxygen atoms in total. The lowest BCUT2D eigenvalue weighted by molar-refractivity contribution is 0.103. The number of hydrogen-bond donors (Lipinski definition) is 0. The Labute approximate surface area is 105 Å². The van der Waals surface area contributed by atoms with Gasteiger partial charge in [-0.3, -0.25) is 9.78 Å². The first-order chi connectivity index (χ1) is 8.61. The number of ether oxygens (including phenoxy) is 1. The Balaban J connectivity index is 2.47. The highest BCUT2D eigenvalue weighted by Crippen LogP contribution is 2.16. The molecule has 0 aromatic carbocycles. The fraction of sp³-hybridized carbons (Fsp3) is 0.231. The summed E-state index contributed by atoms with van der Waals surface area (Å²) in [5.74, 6) is 0.0168. The second-order valence-corrected chi connectivity index (χ2v) is 3.88. The molecule has 0 fully saturated rings. The summed E-state index contributed by atoms with van der Waals surface area (Å²) in [5, 5.41) is 0. The van der Waals surface area contributed by atoms with Crippen LogP contribution in [0.5, 0.6) is 5.88 Å². The van der Waals surface area contributed by atoms with Crippen molar-refractivity contribution in [1.29, 1.82) is 0 Å². The normalized spacial score (nSPS) is 10.2. The Bertz CT molecular complexity index is 576. The van der Waals surface area contributed by atoms with Crippen LogP contribution in [0.15, 0.2) is 24.5 Å². The van der Waals surface area contributed by atoms with Gasteiger partial charge in [-0.1, -0.05) is 0 Å². The van der Waals surface area contributed by atoms with Gasteiger partial charge < -0.3 is 4.74 Å². The third-order valence-corrected chi connectivity index (χ3v) is 2.42. The molecule has 0 unspecified atom stereocenters. The minimum Gasteiger partial charge on any atom is -0.479 e. The molecule has 2 heterocycles. The predicted octanol–water partition coefficient (Wildman–Crippen LogP) is 1.73. The van der Waals surface area contributed by atoms with Gasteiger partial charge >= 0.3 is 0 Å². The number of carbonyl (C=O) groups excluding carboxylic acids is 1. The standard InChI is InChI=1S/C13H13N3O2/c1-8-6-10(7-9(2)16-8)12(17)11-13(18-3)15-5-4-14-11/h4-7H,1-3H3. The average molecular weight is 243 g/mol. The molecular weight excluding hydrogens is 230 g/mol. The average Bonchev–Trinajstić information content (AvgIpc) is 2.36. The van der Waals surface area contributed by atoms with Gasteiger partial charge in [0.2, 0.25) is 11.7 Å². The highest BCUT2D eigenvalue weighted by Gasteiger charge is 2.17. The van der Waals surface area contributed by atoms with Crippen molar-refractivity contribution < 1.29 is 9.53 Å². The summed E-state index contributed by atoms with van der Waals surface area (Å²) < 4.78 is 5.04. The lowest BCUT2D eigenvalue weighted by atomic mass is 10.1. The van der Waals surface area contributed by atoms with Gasteiger partial charge in [0, 0.05) is 29.3 Å². The van der Waals surface area contributed by atoms with Crippen LogP contribution in [0.3, 0.4) is 0 Å². The van der Waals surface area contributed by atoms with E-state index >= 15 is 0 Å². The maximum atomic E-state index is 12.3. The Morgan fingerprint density at radius 1 is 1.11 bits per heavy atom. The molecule has 0 N–H and O–H groups in total. The summed E-state index contributed by atoms with van der Waals surface area (Å²) in [6.45, 7) is 3.69. The van der Waals surface area contributed by atoms with Crippen molar-refractivity contribution in [1.82, 2.24) is 15.0 Å². The summed E-state index contributed by atoms with van der Waals surface area (Å²) in [6, 6.07) is 3.45. The van der Waals surface area contributed by atoms with Crippen LogP contribution < -0.4 is 4.74 Å². The lowest BCUT2D eigenvalue weighted by Crippen LogP contribution is -2.08. The first-order valence-corrected chi connectivity index (χ1v) is 5.47. The van der Waals surface area contributed by atoms with Crippen LogP contribution in [0.25, 0.3) is 0 Å². The summed E-state index contributed by atoms with van der Waals surface area (Å²) in [5.41, 5.74) is 2.34. The number of nitrogens with zero attached hydrogens (tertiary/aromatic N) is 3. The highest BCUT2D eigenvalue weighted by molar-refractivity contribution is 6.09. The van der Waals surface area contributed by atoms with Gasteiger partial charge in [-0.15, -0.1) is 0 Å². The minimum absolute atomic E-state index is 0.213. The van der Waals surface area contributed by atoms with E-state index in [1.807, 2.05) is 13.8 Å². The molecule has 0 bridgehead atoms. The number of ketones is 1. The Morgan fingerprint density at radius 2 is 1.72 bits per heavy atom. The number of hydrogen-bond acceptors (Lipinski definition) is 5. The van der Waals surface area contributed by atoms with Crippen LogP contribution in [0.1, 0.15) is 27.4 Å². The van der Waals surface area contributed by atoms with Crippen LogP contribution in [-0.2, 0) is 0 Å². The van der Waals surface area contributed by atoms with E-state index in [0.717, 1.165) is 11.4 Å². The smallest absolute Gasteiger partial charge is 0.243 e. The van der Waals surface area contributed by atoms with Crippen LogP contribution >= 0.6 is 0 Å². The zero-order valence-electron chi connectivity index (χ0n) is 10.5. The highest BCUT2D eigenvalue weighted by atomic mass is 16.5. The number of aryl methyl sites for hydroxylation is 2. The van der Waals surface area contributed by atoms with E-state index in [0.29, 0.717) is 5.56 Å². The van der Waals surface area contributed by atoms with Gasteiger partial charge in [-0.2, -0.15) is 0 Å². The largest absolute Gasteiger partial charge is 0.479 e. The van der Waals surface area contributed by atoms with E-state index in [2.05, 4.69) is 15.0 Å². The molecule has 0 amide bonds. The molecule has 0 atom stereocenters. The summed E-state index contributed by atoms with van der Waals surface area (Å²) >= 11 is 0. The van der Waals surface area contributed by atoms with E-state index in [4.69, 9.17) is 4.74 Å². The van der Waals surface area contributed by atoms with Crippen molar-refractivity contribution in [2.75, 3.05) is 7.11 Å². The fourth-order valence-electron chi connectivity index (χ4n) is 1.73. The van der Waals surface area contributed by atoms with Gasteiger partial charge in [-0.05, 0) is 26.0 Å². The van der Waals surface area contributed by atoms with Crippen molar-refractivity contribution in [3.05, 3.63) is 47.2 Å². The quantitative estimate of drug-likeness (QED) is 0.768. The third-order valence-electron chi connectivity index (χ3n) is 2.42. The SMILES string of the molecule is COc1nccnc1C(=O)c1cc(C)nc(C)c1. The van der Waals surface area contributed by atoms with Crippen LogP contribution in [-0.4, -0.2) is 27.8 Å². The Morgan fingerprint density at radius 3 is 2.33 bits per heavy atom. The number of aromatic nitrogens is 3. The summed E-state index contributed by atoms with van der Waals surface area (Å²) in [4.78, 5) is 24.5. The molecule has 2 rings (SSSR count). The van der Waals surface area contributed by atoms with Gasteiger partial charge in [0.25, 0.3) is 0 Å². The number of methoxy groups -OCH3 is 1. The molecule has 92 valence electrons. The van der Waals surface area contributed by atoms with Crippen molar-refractivity contribution in [3.63, 3.8) is 0 Å². The molecule has 0 aliphatic rings. The monoisotopic (exact) mass is 243 g/mol. The Hall–Kier alpha value is -2.30. The van der Waals surface area contributed by atoms with E-state index in [9.17, 15) is 4.79 Å². The lowest BCUT2D eigenvalue weighted by Gasteiger charge is -2.06. The van der Waals surface area contributed by atoms with Gasteiger partial charge in [0.1, 0.15) is 0 Å². The molecule has 18 heavy (non-hydrogen) atoms. The predicted molar refractivity (Wildman–Crippen MR) is 65.7 cm³/mol. The third kappa shape index (κ3) is 2.34. The van der Waals surface area contributed by atoms with Crippen molar-refractivity contribution in [3.8, 4) is 5.88 Å². The second kappa shape index (κ2) is 4.91. The molecule has 0 saturated carbocycles. The van der Waals surface area contributed by atoms with E-state index < -0.39 is 0 Å². The first-order valence-electron chi connectivity index (χ1n) is 5.47. The van der Waals surface area contributed by atoms with E-state index in [1.165, 1.54) is 19.5 Å². The molecule has 0 radical (unpaired) electrons. The molecule has 0 aliphatic heterocycles. The second-order valence-electron chi connectivity index (χ2n) is 3.88. The maximum absolute atomic E-state index is 12.3. The number of rotatable bonds is 3. The minimum atomic E-state index is -0.214. The molecule has 0 aliphatic carbocycles. The summed E-state index contributed by atoms with van der Waals surface area (Å²) in [7, 11) is 1.46. The van der Waals surface area contributed by atoms with Crippen molar-refractivity contribution in [2.45, 2.75) is 13.8 Å². The molecule has 2 aromatic heterocycles. The zero-order chi connectivity index (χ0) is 13.1. The van der Waals surface area contributed by atoms with Crippen LogP contribution in [0.2, 0.25) is 0 Å². The van der Waals surface area contributed by atoms with Gasteiger partial charge in [0.05, 0.1) is 7.11 Å². The number of pyridine rings is 1. The van der Waals surface area contributed by atoms with Gasteiger partial charge in [0.15, 0.2) is 5.69 Å². The van der Waals surface area contributed by atoms with Gasteiger partial charge in [-0.25, -0.2) is 9.97 Å². The first kappa shape index (κ1) is 12.2. The molecule has 2 aromatic rings. The maximum Gasteiger partial charge on any atom is 0.243 e. The molecule has 5 heteroatoms. The molecular formula is C13H13N3O2. The van der Waals surface area contributed by atoms with E-state index in [1.54, 1.807) is 12.1 Å². The van der Waals surface area contributed by atoms with Crippen LogP contribution in [0, 0.1) is 13.8 Å². The molecule has 0 saturated heterocycles. The van der Waals surface area contributed by atoms with Crippen LogP contribution in [0.4, 0.5) is 0 Å². The topological polar surface area (TPSA) is 65.0 Å². The van der Waals surface area contributed by atoms with Crippen molar-refractivity contribution in [2.24, 2.45) is 0 Å². The summed E-state index contributed by atoms with van der Waals surface area (Å²) in [6.07, 6.45) is 2.95. The number of carbonyl (C=O) groups is 1. The fourth-order valence-corrected chi connectivity index (χ4v) is 1.73. The van der Waals surface area contributed by atoms with E-state index in [-0.39, 0.29) is 17.4 Å². The zero-order valence-corrected chi connectivity index (χ0v) is 10.5. The Kier molecular flexibility index (Phi) is 3.32. The van der Waals surface area contributed by atoms with Crippen molar-refractivity contribution >= 4 is 5.78 Å². The molecule has 0 spiro atoms.